The Kier molecular flexibility index (Phi) is 6.29. The van der Waals surface area contributed by atoms with Crippen LogP contribution in [0.15, 0.2) is 77.7 Å². The van der Waals surface area contributed by atoms with E-state index in [1.165, 1.54) is 22.9 Å². The number of aryl methyl sites for hydroxylation is 1. The molecule has 34 heavy (non-hydrogen) atoms. The molecule has 0 aliphatic heterocycles. The molecule has 174 valence electrons. The summed E-state index contributed by atoms with van der Waals surface area (Å²) in [6.07, 6.45) is 0. The number of halogens is 1. The second-order valence-corrected chi connectivity index (χ2v) is 9.17. The molecule has 0 aliphatic rings. The highest BCUT2D eigenvalue weighted by Crippen LogP contribution is 2.28. The Bertz CT molecular complexity index is 1480. The maximum absolute atomic E-state index is 13.9. The lowest BCUT2D eigenvalue weighted by Gasteiger charge is -2.11. The molecule has 1 amide bonds. The highest BCUT2D eigenvalue weighted by atomic mass is 32.2. The fraction of sp³-hybridized carbons (Fsp3) is 0.0833. The van der Waals surface area contributed by atoms with Gasteiger partial charge in [0.15, 0.2) is 0 Å². The molecule has 0 fully saturated rings. The molecule has 4 rings (SSSR count). The number of hydrogen-bond acceptors (Lipinski definition) is 5. The van der Waals surface area contributed by atoms with Crippen LogP contribution in [0.3, 0.4) is 0 Å². The second-order valence-electron chi connectivity index (χ2n) is 7.64. The fourth-order valence-corrected chi connectivity index (χ4v) is 4.35. The van der Waals surface area contributed by atoms with E-state index in [1.54, 1.807) is 61.5 Å². The van der Waals surface area contributed by atoms with E-state index < -0.39 is 21.7 Å². The number of nitrogens with one attached hydrogen (secondary N) is 1. The SMILES string of the molecule is Cc1cc(C(=O)Nc2ccc(-c3ccccc3S(N)(=O)=O)cc2)n(-c2ccc(F)c(CN)c2)n1. The van der Waals surface area contributed by atoms with Gasteiger partial charge in [0.2, 0.25) is 10.0 Å². The molecule has 1 heterocycles. The number of rotatable bonds is 6. The minimum Gasteiger partial charge on any atom is -0.326 e. The van der Waals surface area contributed by atoms with Crippen molar-refractivity contribution >= 4 is 21.6 Å². The number of primary sulfonamides is 1. The summed E-state index contributed by atoms with van der Waals surface area (Å²) in [5.74, 6) is -0.845. The minimum absolute atomic E-state index is 0.0160. The second kappa shape index (κ2) is 9.18. The summed E-state index contributed by atoms with van der Waals surface area (Å²) in [5.41, 5.74) is 8.88. The monoisotopic (exact) mass is 479 g/mol. The molecule has 0 radical (unpaired) electrons. The summed E-state index contributed by atoms with van der Waals surface area (Å²) in [4.78, 5) is 13.0. The normalized spacial score (nSPS) is 11.4. The average Bonchev–Trinajstić information content (AvgIpc) is 3.21. The summed E-state index contributed by atoms with van der Waals surface area (Å²) in [6, 6.07) is 19.1. The van der Waals surface area contributed by atoms with Crippen molar-refractivity contribution in [2.75, 3.05) is 5.32 Å². The van der Waals surface area contributed by atoms with E-state index in [1.807, 2.05) is 0 Å². The zero-order chi connectivity index (χ0) is 24.5. The molecule has 0 saturated carbocycles. The molecule has 3 aromatic carbocycles. The molecular formula is C24H22FN5O3S. The van der Waals surface area contributed by atoms with Gasteiger partial charge in [-0.1, -0.05) is 30.3 Å². The first-order valence-corrected chi connectivity index (χ1v) is 11.8. The van der Waals surface area contributed by atoms with Crippen LogP contribution < -0.4 is 16.2 Å². The van der Waals surface area contributed by atoms with E-state index in [0.29, 0.717) is 33.8 Å². The van der Waals surface area contributed by atoms with Crippen LogP contribution in [0, 0.1) is 12.7 Å². The number of anilines is 1. The standard InChI is InChI=1S/C24H22FN5O3S/c1-15-12-22(30(29-15)19-10-11-21(25)17(13-19)14-26)24(31)28-18-8-6-16(7-9-18)20-4-2-3-5-23(20)34(27,32)33/h2-13H,14,26H2,1H3,(H,28,31)(H2,27,32,33). The van der Waals surface area contributed by atoms with Gasteiger partial charge in [-0.2, -0.15) is 5.10 Å². The van der Waals surface area contributed by atoms with Gasteiger partial charge >= 0.3 is 0 Å². The smallest absolute Gasteiger partial charge is 0.274 e. The molecular weight excluding hydrogens is 457 g/mol. The lowest BCUT2D eigenvalue weighted by Crippen LogP contribution is -2.17. The van der Waals surface area contributed by atoms with Crippen molar-refractivity contribution in [2.45, 2.75) is 18.4 Å². The number of carbonyl (C=O) groups is 1. The molecule has 0 saturated heterocycles. The Hall–Kier alpha value is -3.86. The van der Waals surface area contributed by atoms with Gasteiger partial charge in [0.05, 0.1) is 16.3 Å². The van der Waals surface area contributed by atoms with Crippen molar-refractivity contribution in [3.05, 3.63) is 95.6 Å². The number of aromatic nitrogens is 2. The lowest BCUT2D eigenvalue weighted by atomic mass is 10.1. The number of carbonyl (C=O) groups excluding carboxylic acids is 1. The third-order valence-corrected chi connectivity index (χ3v) is 6.17. The van der Waals surface area contributed by atoms with Crippen molar-refractivity contribution in [3.8, 4) is 16.8 Å². The largest absolute Gasteiger partial charge is 0.326 e. The summed E-state index contributed by atoms with van der Waals surface area (Å²) < 4.78 is 39.1. The predicted molar refractivity (Wildman–Crippen MR) is 127 cm³/mol. The van der Waals surface area contributed by atoms with E-state index in [2.05, 4.69) is 10.4 Å². The zero-order valence-corrected chi connectivity index (χ0v) is 19.0. The Morgan fingerprint density at radius 1 is 1.06 bits per heavy atom. The van der Waals surface area contributed by atoms with E-state index in [9.17, 15) is 17.6 Å². The Morgan fingerprint density at radius 2 is 1.76 bits per heavy atom. The van der Waals surface area contributed by atoms with Crippen molar-refractivity contribution < 1.29 is 17.6 Å². The van der Waals surface area contributed by atoms with E-state index >= 15 is 0 Å². The maximum Gasteiger partial charge on any atom is 0.274 e. The van der Waals surface area contributed by atoms with Crippen LogP contribution in [0.1, 0.15) is 21.7 Å². The van der Waals surface area contributed by atoms with Crippen LogP contribution in [0.5, 0.6) is 0 Å². The Morgan fingerprint density at radius 3 is 2.44 bits per heavy atom. The first-order chi connectivity index (χ1) is 16.2. The molecule has 0 bridgehead atoms. The van der Waals surface area contributed by atoms with Gasteiger partial charge in [0.25, 0.3) is 5.91 Å². The summed E-state index contributed by atoms with van der Waals surface area (Å²) >= 11 is 0. The number of nitrogens with two attached hydrogens (primary N) is 2. The summed E-state index contributed by atoms with van der Waals surface area (Å²) in [5, 5.41) is 12.5. The Balaban J connectivity index is 1.61. The quantitative estimate of drug-likeness (QED) is 0.390. The van der Waals surface area contributed by atoms with E-state index in [0.717, 1.165) is 0 Å². The average molecular weight is 480 g/mol. The van der Waals surface area contributed by atoms with Crippen LogP contribution in [0.4, 0.5) is 10.1 Å². The molecule has 1 aromatic heterocycles. The number of hydrogen-bond donors (Lipinski definition) is 3. The van der Waals surface area contributed by atoms with E-state index in [4.69, 9.17) is 10.9 Å². The van der Waals surface area contributed by atoms with Crippen molar-refractivity contribution in [3.63, 3.8) is 0 Å². The zero-order valence-electron chi connectivity index (χ0n) is 18.2. The molecule has 0 spiro atoms. The van der Waals surface area contributed by atoms with Gasteiger partial charge in [0.1, 0.15) is 11.5 Å². The van der Waals surface area contributed by atoms with Crippen LogP contribution in [0.25, 0.3) is 16.8 Å². The van der Waals surface area contributed by atoms with Crippen molar-refractivity contribution in [1.82, 2.24) is 9.78 Å². The van der Waals surface area contributed by atoms with E-state index in [-0.39, 0.29) is 17.1 Å². The molecule has 0 unspecified atom stereocenters. The van der Waals surface area contributed by atoms with Gasteiger partial charge in [-0.05, 0) is 55.0 Å². The summed E-state index contributed by atoms with van der Waals surface area (Å²) in [6.45, 7) is 1.76. The van der Waals surface area contributed by atoms with Crippen LogP contribution in [-0.2, 0) is 16.6 Å². The van der Waals surface area contributed by atoms with Gasteiger partial charge in [-0.25, -0.2) is 22.6 Å². The molecule has 5 N–H and O–H groups in total. The van der Waals surface area contributed by atoms with Crippen LogP contribution in [0.2, 0.25) is 0 Å². The first-order valence-electron chi connectivity index (χ1n) is 10.3. The fourth-order valence-electron chi connectivity index (χ4n) is 3.59. The van der Waals surface area contributed by atoms with Gasteiger partial charge < -0.3 is 11.1 Å². The van der Waals surface area contributed by atoms with Crippen LogP contribution >= 0.6 is 0 Å². The van der Waals surface area contributed by atoms with Crippen molar-refractivity contribution in [1.29, 1.82) is 0 Å². The molecule has 8 nitrogen and oxygen atoms in total. The maximum atomic E-state index is 13.9. The number of nitrogens with zero attached hydrogens (tertiary/aromatic N) is 2. The Labute approximate surface area is 196 Å². The molecule has 0 aliphatic carbocycles. The first kappa shape index (κ1) is 23.3. The number of sulfonamides is 1. The third kappa shape index (κ3) is 4.74. The number of benzene rings is 3. The van der Waals surface area contributed by atoms with Gasteiger partial charge in [-0.15, -0.1) is 0 Å². The predicted octanol–water partition coefficient (Wildman–Crippen LogP) is 3.35. The number of amides is 1. The van der Waals surface area contributed by atoms with Gasteiger partial charge in [-0.3, -0.25) is 4.79 Å². The minimum atomic E-state index is -3.89. The molecule has 10 heteroatoms. The van der Waals surface area contributed by atoms with Gasteiger partial charge in [0, 0.05) is 23.4 Å². The lowest BCUT2D eigenvalue weighted by molar-refractivity contribution is 0.101. The topological polar surface area (TPSA) is 133 Å². The third-order valence-electron chi connectivity index (χ3n) is 5.21. The molecule has 0 atom stereocenters. The van der Waals surface area contributed by atoms with Crippen molar-refractivity contribution in [2.24, 2.45) is 10.9 Å². The highest BCUT2D eigenvalue weighted by molar-refractivity contribution is 7.89. The summed E-state index contributed by atoms with van der Waals surface area (Å²) in [7, 11) is -3.89. The highest BCUT2D eigenvalue weighted by Gasteiger charge is 2.18. The molecule has 4 aromatic rings. The van der Waals surface area contributed by atoms with Crippen LogP contribution in [-0.4, -0.2) is 24.1 Å².